The molecule has 3 heteroatoms. The molecule has 0 aliphatic heterocycles. The lowest BCUT2D eigenvalue weighted by atomic mass is 9.80. The zero-order valence-electron chi connectivity index (χ0n) is 12.0. The predicted molar refractivity (Wildman–Crippen MR) is 71.2 cm³/mol. The molecule has 0 aromatic heterocycles. The van der Waals surface area contributed by atoms with E-state index < -0.39 is 0 Å². The molecule has 1 saturated carbocycles. The summed E-state index contributed by atoms with van der Waals surface area (Å²) < 4.78 is 6.07. The Hall–Kier alpha value is -0.120. The zero-order chi connectivity index (χ0) is 13.1. The van der Waals surface area contributed by atoms with Crippen molar-refractivity contribution in [3.8, 4) is 0 Å². The number of hydrogen-bond donors (Lipinski definition) is 2. The van der Waals surface area contributed by atoms with E-state index in [2.05, 4.69) is 39.9 Å². The summed E-state index contributed by atoms with van der Waals surface area (Å²) in [5.74, 6) is 0. The highest BCUT2D eigenvalue weighted by Gasteiger charge is 2.37. The topological polar surface area (TPSA) is 41.5 Å². The van der Waals surface area contributed by atoms with E-state index in [4.69, 9.17) is 4.74 Å². The monoisotopic (exact) mass is 243 g/mol. The van der Waals surface area contributed by atoms with E-state index in [1.165, 1.54) is 0 Å². The number of aliphatic hydroxyl groups excluding tert-OH is 1. The minimum absolute atomic E-state index is 0.0962. The fraction of sp³-hybridized carbons (Fsp3) is 1.00. The molecule has 2 unspecified atom stereocenters. The minimum Gasteiger partial charge on any atom is -0.394 e. The van der Waals surface area contributed by atoms with Crippen LogP contribution in [-0.2, 0) is 4.74 Å². The molecule has 102 valence electrons. The van der Waals surface area contributed by atoms with E-state index in [0.29, 0.717) is 6.04 Å². The van der Waals surface area contributed by atoms with Crippen LogP contribution in [0.3, 0.4) is 0 Å². The number of hydrogen-bond acceptors (Lipinski definition) is 3. The van der Waals surface area contributed by atoms with Crippen molar-refractivity contribution in [3.63, 3.8) is 0 Å². The van der Waals surface area contributed by atoms with E-state index in [-0.39, 0.29) is 23.9 Å². The first-order chi connectivity index (χ1) is 7.76. The van der Waals surface area contributed by atoms with Crippen molar-refractivity contribution in [1.82, 2.24) is 5.32 Å². The van der Waals surface area contributed by atoms with Crippen LogP contribution >= 0.6 is 0 Å². The zero-order valence-corrected chi connectivity index (χ0v) is 12.0. The molecule has 0 saturated heterocycles. The Morgan fingerprint density at radius 3 is 2.53 bits per heavy atom. The number of nitrogens with one attached hydrogen (secondary N) is 1. The average molecular weight is 243 g/mol. The molecular formula is C14H29NO2. The average Bonchev–Trinajstić information content (AvgIpc) is 2.14. The summed E-state index contributed by atoms with van der Waals surface area (Å²) in [6.07, 6.45) is 4.46. The van der Waals surface area contributed by atoms with Crippen LogP contribution in [0.4, 0.5) is 0 Å². The molecule has 17 heavy (non-hydrogen) atoms. The van der Waals surface area contributed by atoms with Gasteiger partial charge in [-0.15, -0.1) is 0 Å². The van der Waals surface area contributed by atoms with Crippen molar-refractivity contribution in [2.24, 2.45) is 0 Å². The van der Waals surface area contributed by atoms with Crippen LogP contribution in [-0.4, -0.2) is 35.0 Å². The van der Waals surface area contributed by atoms with Gasteiger partial charge in [0.05, 0.1) is 18.3 Å². The van der Waals surface area contributed by atoms with Crippen molar-refractivity contribution >= 4 is 0 Å². The minimum atomic E-state index is -0.137. The van der Waals surface area contributed by atoms with Gasteiger partial charge in [0, 0.05) is 11.6 Å². The van der Waals surface area contributed by atoms with Gasteiger partial charge in [0.15, 0.2) is 0 Å². The first kappa shape index (κ1) is 14.9. The van der Waals surface area contributed by atoms with Crippen molar-refractivity contribution in [1.29, 1.82) is 0 Å². The van der Waals surface area contributed by atoms with Crippen molar-refractivity contribution in [2.75, 3.05) is 6.61 Å². The third-order valence-corrected chi connectivity index (χ3v) is 3.22. The summed E-state index contributed by atoms with van der Waals surface area (Å²) >= 11 is 0. The summed E-state index contributed by atoms with van der Waals surface area (Å²) in [7, 11) is 0. The number of aliphatic hydroxyl groups is 1. The van der Waals surface area contributed by atoms with E-state index in [0.717, 1.165) is 25.7 Å². The van der Waals surface area contributed by atoms with Crippen LogP contribution in [0.1, 0.15) is 60.3 Å². The standard InChI is InChI=1S/C14H29NO2/c1-11(2)15-14(10-16)8-6-7-12(9-14)17-13(3,4)5/h11-12,15-16H,6-10H2,1-5H3. The smallest absolute Gasteiger partial charge is 0.0614 e. The molecule has 1 rings (SSSR count). The summed E-state index contributed by atoms with van der Waals surface area (Å²) in [4.78, 5) is 0. The van der Waals surface area contributed by atoms with Crippen molar-refractivity contribution in [2.45, 2.75) is 83.6 Å². The van der Waals surface area contributed by atoms with Crippen LogP contribution in [0.5, 0.6) is 0 Å². The summed E-state index contributed by atoms with van der Waals surface area (Å²) in [6, 6.07) is 0.399. The maximum Gasteiger partial charge on any atom is 0.0614 e. The second-order valence-corrected chi connectivity index (χ2v) is 6.69. The highest BCUT2D eigenvalue weighted by atomic mass is 16.5. The maximum atomic E-state index is 9.69. The molecule has 0 radical (unpaired) electrons. The third kappa shape index (κ3) is 4.94. The third-order valence-electron chi connectivity index (χ3n) is 3.22. The maximum absolute atomic E-state index is 9.69. The van der Waals surface area contributed by atoms with Crippen molar-refractivity contribution < 1.29 is 9.84 Å². The second kappa shape index (κ2) is 5.68. The predicted octanol–water partition coefficient (Wildman–Crippen LogP) is 2.47. The van der Waals surface area contributed by atoms with Gasteiger partial charge in [0.1, 0.15) is 0 Å². The van der Waals surface area contributed by atoms with Gasteiger partial charge >= 0.3 is 0 Å². The van der Waals surface area contributed by atoms with E-state index in [1.807, 2.05) is 0 Å². The van der Waals surface area contributed by atoms with E-state index >= 15 is 0 Å². The first-order valence-corrected chi connectivity index (χ1v) is 6.83. The Labute approximate surface area is 106 Å². The molecule has 1 fully saturated rings. The molecule has 0 spiro atoms. The molecule has 0 amide bonds. The van der Waals surface area contributed by atoms with E-state index in [1.54, 1.807) is 0 Å². The molecule has 0 bridgehead atoms. The molecule has 0 heterocycles. The van der Waals surface area contributed by atoms with Crippen LogP contribution < -0.4 is 5.32 Å². The highest BCUT2D eigenvalue weighted by molar-refractivity contribution is 4.95. The molecule has 0 aromatic rings. The Morgan fingerprint density at radius 2 is 2.06 bits per heavy atom. The second-order valence-electron chi connectivity index (χ2n) is 6.69. The summed E-state index contributed by atoms with van der Waals surface area (Å²) in [5, 5.41) is 13.2. The Morgan fingerprint density at radius 1 is 1.41 bits per heavy atom. The molecule has 2 N–H and O–H groups in total. The summed E-state index contributed by atoms with van der Waals surface area (Å²) in [6.45, 7) is 10.8. The number of rotatable bonds is 4. The van der Waals surface area contributed by atoms with Crippen LogP contribution in [0, 0.1) is 0 Å². The normalized spacial score (nSPS) is 30.9. The van der Waals surface area contributed by atoms with Gasteiger partial charge in [0.25, 0.3) is 0 Å². The lowest BCUT2D eigenvalue weighted by Gasteiger charge is -2.43. The van der Waals surface area contributed by atoms with Crippen LogP contribution in [0.2, 0.25) is 0 Å². The Kier molecular flexibility index (Phi) is 4.99. The fourth-order valence-corrected chi connectivity index (χ4v) is 2.84. The van der Waals surface area contributed by atoms with Gasteiger partial charge in [0.2, 0.25) is 0 Å². The van der Waals surface area contributed by atoms with Crippen molar-refractivity contribution in [3.05, 3.63) is 0 Å². The fourth-order valence-electron chi connectivity index (χ4n) is 2.84. The molecule has 2 atom stereocenters. The lowest BCUT2D eigenvalue weighted by Crippen LogP contribution is -2.56. The molecule has 1 aliphatic rings. The molecule has 3 nitrogen and oxygen atoms in total. The van der Waals surface area contributed by atoms with Gasteiger partial charge in [-0.1, -0.05) is 13.8 Å². The number of ether oxygens (including phenoxy) is 1. The van der Waals surface area contributed by atoms with Crippen LogP contribution in [0.25, 0.3) is 0 Å². The lowest BCUT2D eigenvalue weighted by molar-refractivity contribution is -0.0937. The Balaban J connectivity index is 2.62. The van der Waals surface area contributed by atoms with Gasteiger partial charge in [-0.2, -0.15) is 0 Å². The molecule has 1 aliphatic carbocycles. The quantitative estimate of drug-likeness (QED) is 0.797. The molecule has 0 aromatic carbocycles. The largest absolute Gasteiger partial charge is 0.394 e. The van der Waals surface area contributed by atoms with Gasteiger partial charge in [-0.25, -0.2) is 0 Å². The summed E-state index contributed by atoms with van der Waals surface area (Å²) in [5.41, 5.74) is -0.233. The van der Waals surface area contributed by atoms with E-state index in [9.17, 15) is 5.11 Å². The van der Waals surface area contributed by atoms with Gasteiger partial charge in [-0.05, 0) is 46.5 Å². The SMILES string of the molecule is CC(C)NC1(CO)CCCC(OC(C)(C)C)C1. The van der Waals surface area contributed by atoms with Gasteiger partial charge < -0.3 is 15.2 Å². The van der Waals surface area contributed by atoms with Gasteiger partial charge in [-0.3, -0.25) is 0 Å². The highest BCUT2D eigenvalue weighted by Crippen LogP contribution is 2.32. The Bertz CT molecular complexity index is 235. The first-order valence-electron chi connectivity index (χ1n) is 6.83. The molecular weight excluding hydrogens is 214 g/mol. The van der Waals surface area contributed by atoms with Crippen LogP contribution in [0.15, 0.2) is 0 Å².